The normalized spacial score (nSPS) is 12.8. The van der Waals surface area contributed by atoms with Crippen molar-refractivity contribution in [2.45, 2.75) is 52.4 Å². The molecule has 0 spiro atoms. The quantitative estimate of drug-likeness (QED) is 0.126. The Labute approximate surface area is 502 Å². The third-order valence-electron chi connectivity index (χ3n) is 18.1. The van der Waals surface area contributed by atoms with Gasteiger partial charge in [-0.25, -0.2) is 0 Å². The summed E-state index contributed by atoms with van der Waals surface area (Å²) in [6, 6.07) is 101. The lowest BCUT2D eigenvalue weighted by atomic mass is 9.33. The summed E-state index contributed by atoms with van der Waals surface area (Å²) < 4.78 is 5.22. The molecule has 0 atom stereocenters. The molecule has 0 unspecified atom stereocenters. The Morgan fingerprint density at radius 2 is 0.941 bits per heavy atom. The van der Waals surface area contributed by atoms with Crippen LogP contribution in [0.15, 0.2) is 267 Å². The summed E-state index contributed by atoms with van der Waals surface area (Å²) in [6.07, 6.45) is 3.17. The standard InChI is InChI=1S/C80H62BN3S/c1-5-6-33-64-71(45-42-63-62-36-21-24-39-76(62)85-79(63)64)83-72-44-40-56(52-25-11-7-12-26-52)48-68(72)81-67-43-41-59(82-69-37-22-19-34-60(69)61-35-20-23-38-70(61)82)51-73(67)84(75-50-58(80(2,3)4)49-74(83)77(75)81)78-65(54-29-15-9-16-30-54)46-57(53-27-13-8-14-28-53)47-66(78)55-31-17-10-18-32-55/h7-32,34-51H,5-6,33H2,1-4H3. The van der Waals surface area contributed by atoms with Crippen LogP contribution in [-0.4, -0.2) is 11.3 Å². The van der Waals surface area contributed by atoms with E-state index in [1.165, 1.54) is 126 Å². The highest BCUT2D eigenvalue weighted by molar-refractivity contribution is 7.26. The van der Waals surface area contributed by atoms with Crippen LogP contribution in [0.1, 0.15) is 51.7 Å². The number of aromatic nitrogens is 1. The zero-order chi connectivity index (χ0) is 56.9. The van der Waals surface area contributed by atoms with Gasteiger partial charge in [-0.05, 0) is 146 Å². The number of hydrogen-bond acceptors (Lipinski definition) is 3. The van der Waals surface area contributed by atoms with Crippen molar-refractivity contribution in [2.75, 3.05) is 9.80 Å². The molecule has 3 nitrogen and oxygen atoms in total. The summed E-state index contributed by atoms with van der Waals surface area (Å²) in [7, 11) is 0. The molecule has 0 saturated heterocycles. The largest absolute Gasteiger partial charge is 0.311 e. The van der Waals surface area contributed by atoms with Crippen LogP contribution in [0, 0.1) is 0 Å². The Morgan fingerprint density at radius 3 is 1.55 bits per heavy atom. The lowest BCUT2D eigenvalue weighted by Gasteiger charge is -2.46. The molecule has 2 aliphatic rings. The highest BCUT2D eigenvalue weighted by Gasteiger charge is 2.46. The molecule has 0 aliphatic carbocycles. The molecule has 4 heterocycles. The molecule has 12 aromatic carbocycles. The van der Waals surface area contributed by atoms with Crippen LogP contribution >= 0.6 is 11.3 Å². The molecule has 2 aliphatic heterocycles. The smallest absolute Gasteiger partial charge is 0.252 e. The Balaban J connectivity index is 1.08. The summed E-state index contributed by atoms with van der Waals surface area (Å²) in [5.74, 6) is 0. The molecule has 16 rings (SSSR count). The van der Waals surface area contributed by atoms with Crippen molar-refractivity contribution in [3.8, 4) is 50.2 Å². The first-order valence-electron chi connectivity index (χ1n) is 30.2. The number of benzene rings is 12. The van der Waals surface area contributed by atoms with Gasteiger partial charge in [0.1, 0.15) is 0 Å². The molecule has 0 radical (unpaired) electrons. The molecule has 5 heteroatoms. The number of unbranched alkanes of at least 4 members (excludes halogenated alkanes) is 1. The Kier molecular flexibility index (Phi) is 12.2. The van der Waals surface area contributed by atoms with Crippen molar-refractivity contribution in [3.05, 3.63) is 278 Å². The lowest BCUT2D eigenvalue weighted by molar-refractivity contribution is 0.590. The van der Waals surface area contributed by atoms with Crippen molar-refractivity contribution in [3.63, 3.8) is 0 Å². The van der Waals surface area contributed by atoms with Gasteiger partial charge in [-0.1, -0.05) is 234 Å². The van der Waals surface area contributed by atoms with E-state index >= 15 is 0 Å². The molecule has 0 amide bonds. The topological polar surface area (TPSA) is 11.4 Å². The van der Waals surface area contributed by atoms with E-state index in [-0.39, 0.29) is 12.1 Å². The number of hydrogen-bond donors (Lipinski definition) is 0. The second kappa shape index (κ2) is 20.3. The van der Waals surface area contributed by atoms with Gasteiger partial charge in [0.15, 0.2) is 0 Å². The average Bonchev–Trinajstić information content (AvgIpc) is 1.52. The second-order valence-corrected chi connectivity index (χ2v) is 25.2. The van der Waals surface area contributed by atoms with Crippen LogP contribution in [0.25, 0.3) is 92.2 Å². The van der Waals surface area contributed by atoms with E-state index in [0.29, 0.717) is 0 Å². The first-order valence-corrected chi connectivity index (χ1v) is 31.0. The van der Waals surface area contributed by atoms with Gasteiger partial charge in [-0.2, -0.15) is 0 Å². The number of rotatable bonds is 10. The van der Waals surface area contributed by atoms with E-state index in [1.54, 1.807) is 0 Å². The van der Waals surface area contributed by atoms with Crippen LogP contribution < -0.4 is 26.2 Å². The number of anilines is 6. The van der Waals surface area contributed by atoms with Crippen molar-refractivity contribution >= 4 is 111 Å². The maximum Gasteiger partial charge on any atom is 0.252 e. The van der Waals surface area contributed by atoms with Crippen LogP contribution in [0.3, 0.4) is 0 Å². The predicted molar refractivity (Wildman–Crippen MR) is 367 cm³/mol. The molecule has 0 fully saturated rings. The van der Waals surface area contributed by atoms with E-state index in [2.05, 4.69) is 309 Å². The van der Waals surface area contributed by atoms with Crippen molar-refractivity contribution in [1.82, 2.24) is 4.57 Å². The fourth-order valence-electron chi connectivity index (χ4n) is 14.1. The van der Waals surface area contributed by atoms with Gasteiger partial charge >= 0.3 is 0 Å². The van der Waals surface area contributed by atoms with E-state index in [9.17, 15) is 0 Å². The fraction of sp³-hybridized carbons (Fsp3) is 0.100. The summed E-state index contributed by atoms with van der Waals surface area (Å²) in [6.45, 7) is 9.37. The second-order valence-electron chi connectivity index (χ2n) is 24.2. The van der Waals surface area contributed by atoms with Crippen LogP contribution in [0.2, 0.25) is 0 Å². The lowest BCUT2D eigenvalue weighted by Crippen LogP contribution is -2.61. The monoisotopic (exact) mass is 1110 g/mol. The van der Waals surface area contributed by atoms with Crippen molar-refractivity contribution < 1.29 is 0 Å². The Morgan fingerprint density at radius 1 is 0.400 bits per heavy atom. The van der Waals surface area contributed by atoms with Crippen molar-refractivity contribution in [1.29, 1.82) is 0 Å². The van der Waals surface area contributed by atoms with E-state index in [1.807, 2.05) is 11.3 Å². The fourth-order valence-corrected chi connectivity index (χ4v) is 15.3. The van der Waals surface area contributed by atoms with E-state index < -0.39 is 0 Å². The van der Waals surface area contributed by atoms with Gasteiger partial charge in [-0.15, -0.1) is 11.3 Å². The highest BCUT2D eigenvalue weighted by Crippen LogP contribution is 2.54. The summed E-state index contributed by atoms with van der Waals surface area (Å²) in [5.41, 5.74) is 26.5. The number of nitrogens with zero attached hydrogens (tertiary/aromatic N) is 3. The maximum atomic E-state index is 2.72. The molecule has 14 aromatic rings. The molecular weight excluding hydrogens is 1050 g/mol. The Bertz CT molecular complexity index is 4810. The maximum absolute atomic E-state index is 2.72. The minimum atomic E-state index is -0.233. The SMILES string of the molecule is CCCCc1c(N2c3ccc(-c4ccccc4)cc3B3c4ccc(-n5c6ccccc6c6ccccc65)cc4N(c4c(-c5ccccc5)cc(-c5ccccc5)cc4-c4ccccc4)c4cc(C(C)(C)C)cc2c43)ccc2c1sc1ccccc12. The minimum absolute atomic E-state index is 0.136. The predicted octanol–water partition coefficient (Wildman–Crippen LogP) is 20.5. The van der Waals surface area contributed by atoms with Gasteiger partial charge in [-0.3, -0.25) is 0 Å². The third kappa shape index (κ3) is 8.31. The van der Waals surface area contributed by atoms with E-state index in [0.717, 1.165) is 47.5 Å². The number of fused-ring (bicyclic) bond motifs is 10. The summed E-state index contributed by atoms with van der Waals surface area (Å²) >= 11 is 1.96. The zero-order valence-electron chi connectivity index (χ0n) is 48.4. The third-order valence-corrected chi connectivity index (χ3v) is 19.4. The van der Waals surface area contributed by atoms with E-state index in [4.69, 9.17) is 0 Å². The van der Waals surface area contributed by atoms with Crippen LogP contribution in [0.5, 0.6) is 0 Å². The van der Waals surface area contributed by atoms with Gasteiger partial charge in [0, 0.05) is 70.5 Å². The number of thiophene rings is 1. The van der Waals surface area contributed by atoms with Crippen molar-refractivity contribution in [2.24, 2.45) is 0 Å². The average molecular weight is 1110 g/mol. The van der Waals surface area contributed by atoms with Gasteiger partial charge in [0.05, 0.1) is 22.4 Å². The Hall–Kier alpha value is -9.68. The summed E-state index contributed by atoms with van der Waals surface area (Å²) in [5, 5.41) is 5.16. The first-order chi connectivity index (χ1) is 41.8. The van der Waals surface area contributed by atoms with Crippen LogP contribution in [0.4, 0.5) is 34.1 Å². The molecular formula is C80H62BN3S. The molecule has 0 N–H and O–H groups in total. The summed E-state index contributed by atoms with van der Waals surface area (Å²) in [4.78, 5) is 5.42. The molecule has 2 aromatic heterocycles. The molecule has 85 heavy (non-hydrogen) atoms. The number of para-hydroxylation sites is 2. The zero-order valence-corrected chi connectivity index (χ0v) is 49.2. The minimum Gasteiger partial charge on any atom is -0.311 e. The van der Waals surface area contributed by atoms with Crippen LogP contribution in [-0.2, 0) is 11.8 Å². The van der Waals surface area contributed by atoms with Gasteiger partial charge in [0.2, 0.25) is 0 Å². The van der Waals surface area contributed by atoms with Gasteiger partial charge in [0.25, 0.3) is 6.71 Å². The number of aryl methyl sites for hydroxylation is 1. The molecule has 0 bridgehead atoms. The molecule has 406 valence electrons. The molecule has 0 saturated carbocycles. The first kappa shape index (κ1) is 51.0. The highest BCUT2D eigenvalue weighted by atomic mass is 32.1. The van der Waals surface area contributed by atoms with Gasteiger partial charge < -0.3 is 14.4 Å².